The van der Waals surface area contributed by atoms with Crippen molar-refractivity contribution in [2.75, 3.05) is 7.11 Å². The first kappa shape index (κ1) is 13.0. The van der Waals surface area contributed by atoms with E-state index < -0.39 is 0 Å². The molecule has 0 fully saturated rings. The zero-order valence-electron chi connectivity index (χ0n) is 10.3. The summed E-state index contributed by atoms with van der Waals surface area (Å²) in [4.78, 5) is 0. The highest BCUT2D eigenvalue weighted by molar-refractivity contribution is 5.33. The van der Waals surface area contributed by atoms with Gasteiger partial charge in [0.05, 0.1) is 7.11 Å². The molecule has 0 aromatic heterocycles. The van der Waals surface area contributed by atoms with Gasteiger partial charge in [0.25, 0.3) is 0 Å². The summed E-state index contributed by atoms with van der Waals surface area (Å²) < 4.78 is 18.9. The van der Waals surface area contributed by atoms with Gasteiger partial charge in [-0.1, -0.05) is 32.9 Å². The van der Waals surface area contributed by atoms with Crippen LogP contribution in [0.1, 0.15) is 32.4 Å². The third-order valence-electron chi connectivity index (χ3n) is 3.19. The standard InChI is InChI=1S/C13H20FNO/c1-8(2)9(3)13(15)10-6-5-7-11(16-4)12(10)14/h5-9,13H,15H2,1-4H3. The second-order valence-corrected chi connectivity index (χ2v) is 4.49. The molecule has 0 aliphatic carbocycles. The van der Waals surface area contributed by atoms with Crippen molar-refractivity contribution in [2.24, 2.45) is 17.6 Å². The van der Waals surface area contributed by atoms with Crippen molar-refractivity contribution >= 4 is 0 Å². The van der Waals surface area contributed by atoms with Gasteiger partial charge in [-0.05, 0) is 17.9 Å². The summed E-state index contributed by atoms with van der Waals surface area (Å²) in [7, 11) is 1.46. The Bertz CT molecular complexity index is 352. The molecule has 0 spiro atoms. The van der Waals surface area contributed by atoms with Crippen LogP contribution in [0.15, 0.2) is 18.2 Å². The van der Waals surface area contributed by atoms with E-state index in [1.165, 1.54) is 7.11 Å². The van der Waals surface area contributed by atoms with Gasteiger partial charge >= 0.3 is 0 Å². The Labute approximate surface area is 96.6 Å². The second kappa shape index (κ2) is 5.30. The molecule has 2 unspecified atom stereocenters. The molecule has 0 bridgehead atoms. The van der Waals surface area contributed by atoms with Crippen LogP contribution in [0.3, 0.4) is 0 Å². The van der Waals surface area contributed by atoms with Gasteiger partial charge in [0.15, 0.2) is 11.6 Å². The van der Waals surface area contributed by atoms with Crippen LogP contribution in [0.25, 0.3) is 0 Å². The van der Waals surface area contributed by atoms with Crippen molar-refractivity contribution in [2.45, 2.75) is 26.8 Å². The zero-order valence-corrected chi connectivity index (χ0v) is 10.3. The molecule has 1 aromatic carbocycles. The van der Waals surface area contributed by atoms with Crippen LogP contribution in [0.4, 0.5) is 4.39 Å². The molecule has 0 saturated carbocycles. The molecular weight excluding hydrogens is 205 g/mol. The molecule has 0 aliphatic heterocycles. The molecular formula is C13H20FNO. The van der Waals surface area contributed by atoms with Crippen molar-refractivity contribution in [3.05, 3.63) is 29.6 Å². The Hall–Kier alpha value is -1.09. The first-order valence-electron chi connectivity index (χ1n) is 5.57. The quantitative estimate of drug-likeness (QED) is 0.854. The number of benzene rings is 1. The van der Waals surface area contributed by atoms with Gasteiger partial charge in [0.2, 0.25) is 0 Å². The maximum absolute atomic E-state index is 13.9. The van der Waals surface area contributed by atoms with Crippen LogP contribution in [0, 0.1) is 17.7 Å². The van der Waals surface area contributed by atoms with E-state index in [1.807, 2.05) is 6.92 Å². The van der Waals surface area contributed by atoms with Gasteiger partial charge in [-0.15, -0.1) is 0 Å². The topological polar surface area (TPSA) is 35.2 Å². The van der Waals surface area contributed by atoms with Gasteiger partial charge < -0.3 is 10.5 Å². The van der Waals surface area contributed by atoms with E-state index in [9.17, 15) is 4.39 Å². The molecule has 0 radical (unpaired) electrons. The molecule has 16 heavy (non-hydrogen) atoms. The average molecular weight is 225 g/mol. The van der Waals surface area contributed by atoms with Gasteiger partial charge in [-0.2, -0.15) is 0 Å². The van der Waals surface area contributed by atoms with Crippen LogP contribution in [0.5, 0.6) is 5.75 Å². The molecule has 1 rings (SSSR count). The van der Waals surface area contributed by atoms with Crippen LogP contribution in [-0.2, 0) is 0 Å². The van der Waals surface area contributed by atoms with Crippen molar-refractivity contribution in [3.8, 4) is 5.75 Å². The molecule has 2 N–H and O–H groups in total. The fourth-order valence-electron chi connectivity index (χ4n) is 1.64. The maximum Gasteiger partial charge on any atom is 0.169 e. The van der Waals surface area contributed by atoms with Crippen molar-refractivity contribution < 1.29 is 9.13 Å². The minimum atomic E-state index is -0.343. The van der Waals surface area contributed by atoms with Gasteiger partial charge in [-0.3, -0.25) is 0 Å². The predicted octanol–water partition coefficient (Wildman–Crippen LogP) is 3.13. The Balaban J connectivity index is 3.04. The molecule has 90 valence electrons. The molecule has 2 atom stereocenters. The van der Waals surface area contributed by atoms with E-state index in [4.69, 9.17) is 10.5 Å². The fourth-order valence-corrected chi connectivity index (χ4v) is 1.64. The Morgan fingerprint density at radius 3 is 2.38 bits per heavy atom. The molecule has 0 saturated heterocycles. The number of nitrogens with two attached hydrogens (primary N) is 1. The summed E-state index contributed by atoms with van der Waals surface area (Å²) in [6.45, 7) is 6.21. The van der Waals surface area contributed by atoms with Crippen LogP contribution in [-0.4, -0.2) is 7.11 Å². The molecule has 0 heterocycles. The summed E-state index contributed by atoms with van der Waals surface area (Å²) in [6.07, 6.45) is 0. The first-order valence-corrected chi connectivity index (χ1v) is 5.57. The van der Waals surface area contributed by atoms with E-state index >= 15 is 0 Å². The lowest BCUT2D eigenvalue weighted by Gasteiger charge is -2.24. The highest BCUT2D eigenvalue weighted by Gasteiger charge is 2.22. The maximum atomic E-state index is 13.9. The van der Waals surface area contributed by atoms with Crippen LogP contribution >= 0.6 is 0 Å². The number of halogens is 1. The number of hydrogen-bond acceptors (Lipinski definition) is 2. The molecule has 0 aliphatic rings. The SMILES string of the molecule is COc1cccc(C(N)C(C)C(C)C)c1F. The number of hydrogen-bond donors (Lipinski definition) is 1. The number of ether oxygens (including phenoxy) is 1. The van der Waals surface area contributed by atoms with Crippen LogP contribution < -0.4 is 10.5 Å². The summed E-state index contributed by atoms with van der Waals surface area (Å²) in [5, 5.41) is 0. The smallest absolute Gasteiger partial charge is 0.169 e. The third kappa shape index (κ3) is 2.53. The number of methoxy groups -OCH3 is 1. The van der Waals surface area contributed by atoms with Crippen molar-refractivity contribution in [1.29, 1.82) is 0 Å². The average Bonchev–Trinajstić information content (AvgIpc) is 2.27. The third-order valence-corrected chi connectivity index (χ3v) is 3.19. The first-order chi connectivity index (χ1) is 7.49. The van der Waals surface area contributed by atoms with Crippen molar-refractivity contribution in [1.82, 2.24) is 0 Å². The molecule has 0 amide bonds. The van der Waals surface area contributed by atoms with E-state index in [1.54, 1.807) is 18.2 Å². The van der Waals surface area contributed by atoms with E-state index in [0.29, 0.717) is 11.5 Å². The van der Waals surface area contributed by atoms with E-state index in [2.05, 4.69) is 13.8 Å². The Morgan fingerprint density at radius 1 is 1.25 bits per heavy atom. The monoisotopic (exact) mass is 225 g/mol. The summed E-state index contributed by atoms with van der Waals surface area (Å²) >= 11 is 0. The van der Waals surface area contributed by atoms with Gasteiger partial charge in [0, 0.05) is 11.6 Å². The lowest BCUT2D eigenvalue weighted by Crippen LogP contribution is -2.24. The zero-order chi connectivity index (χ0) is 12.3. The van der Waals surface area contributed by atoms with E-state index in [0.717, 1.165) is 0 Å². The largest absolute Gasteiger partial charge is 0.494 e. The summed E-state index contributed by atoms with van der Waals surface area (Å²) in [5.74, 6) is 0.552. The van der Waals surface area contributed by atoms with E-state index in [-0.39, 0.29) is 23.5 Å². The molecule has 1 aromatic rings. The minimum Gasteiger partial charge on any atom is -0.494 e. The fraction of sp³-hybridized carbons (Fsp3) is 0.538. The Kier molecular flexibility index (Phi) is 4.30. The second-order valence-electron chi connectivity index (χ2n) is 4.49. The number of rotatable bonds is 4. The minimum absolute atomic E-state index is 0.224. The van der Waals surface area contributed by atoms with Crippen LogP contribution in [0.2, 0.25) is 0 Å². The predicted molar refractivity (Wildman–Crippen MR) is 63.9 cm³/mol. The van der Waals surface area contributed by atoms with Crippen molar-refractivity contribution in [3.63, 3.8) is 0 Å². The lowest BCUT2D eigenvalue weighted by molar-refractivity contribution is 0.336. The Morgan fingerprint density at radius 2 is 1.88 bits per heavy atom. The summed E-state index contributed by atoms with van der Waals surface area (Å²) in [6, 6.07) is 4.80. The van der Waals surface area contributed by atoms with Gasteiger partial charge in [-0.25, -0.2) is 4.39 Å². The summed E-state index contributed by atoms with van der Waals surface area (Å²) in [5.41, 5.74) is 6.60. The van der Waals surface area contributed by atoms with Gasteiger partial charge in [0.1, 0.15) is 0 Å². The highest BCUT2D eigenvalue weighted by Crippen LogP contribution is 2.30. The molecule has 2 nitrogen and oxygen atoms in total. The highest BCUT2D eigenvalue weighted by atomic mass is 19.1. The normalized spacial score (nSPS) is 14.9. The lowest BCUT2D eigenvalue weighted by atomic mass is 9.86. The molecule has 3 heteroatoms.